The molecule has 0 saturated heterocycles. The first-order valence-electron chi connectivity index (χ1n) is 3.72. The molecule has 74 valence electrons. The molecule has 0 aliphatic carbocycles. The summed E-state index contributed by atoms with van der Waals surface area (Å²) in [4.78, 5) is 0. The van der Waals surface area contributed by atoms with Crippen LogP contribution in [0.5, 0.6) is 11.5 Å². The van der Waals surface area contributed by atoms with Crippen LogP contribution in [-0.2, 0) is 6.42 Å². The minimum Gasteiger partial charge on any atom is -0.504 e. The summed E-state index contributed by atoms with van der Waals surface area (Å²) >= 11 is 2.97. The van der Waals surface area contributed by atoms with Crippen molar-refractivity contribution in [2.75, 3.05) is 7.11 Å². The Labute approximate surface area is 88.9 Å². The van der Waals surface area contributed by atoms with Crippen LogP contribution in [0, 0.1) is 17.1 Å². The molecule has 0 aromatic heterocycles. The van der Waals surface area contributed by atoms with Gasteiger partial charge >= 0.3 is 0 Å². The number of nitriles is 1. The second kappa shape index (κ2) is 4.29. The SMILES string of the molecule is COc1c(O)c(CC#N)cc(Br)c1F. The average molecular weight is 260 g/mol. The fourth-order valence-corrected chi connectivity index (χ4v) is 1.51. The average Bonchev–Trinajstić information content (AvgIpc) is 2.16. The quantitative estimate of drug-likeness (QED) is 0.888. The Morgan fingerprint density at radius 1 is 1.71 bits per heavy atom. The van der Waals surface area contributed by atoms with Crippen molar-refractivity contribution in [3.63, 3.8) is 0 Å². The van der Waals surface area contributed by atoms with E-state index in [0.717, 1.165) is 0 Å². The van der Waals surface area contributed by atoms with E-state index < -0.39 is 5.82 Å². The summed E-state index contributed by atoms with van der Waals surface area (Å²) in [6.45, 7) is 0. The van der Waals surface area contributed by atoms with Crippen LogP contribution in [0.3, 0.4) is 0 Å². The molecular formula is C9H7BrFNO2. The molecule has 0 fully saturated rings. The van der Waals surface area contributed by atoms with Crippen molar-refractivity contribution in [3.8, 4) is 17.6 Å². The maximum absolute atomic E-state index is 13.3. The van der Waals surface area contributed by atoms with Crippen molar-refractivity contribution in [2.24, 2.45) is 0 Å². The van der Waals surface area contributed by atoms with Crippen LogP contribution in [0.15, 0.2) is 10.5 Å². The van der Waals surface area contributed by atoms with Crippen LogP contribution in [-0.4, -0.2) is 12.2 Å². The highest BCUT2D eigenvalue weighted by molar-refractivity contribution is 9.10. The van der Waals surface area contributed by atoms with Crippen molar-refractivity contribution in [1.82, 2.24) is 0 Å². The van der Waals surface area contributed by atoms with Gasteiger partial charge in [0.05, 0.1) is 24.1 Å². The van der Waals surface area contributed by atoms with E-state index >= 15 is 0 Å². The fourth-order valence-electron chi connectivity index (χ4n) is 1.05. The lowest BCUT2D eigenvalue weighted by atomic mass is 10.1. The second-order valence-corrected chi connectivity index (χ2v) is 3.40. The zero-order chi connectivity index (χ0) is 10.7. The first kappa shape index (κ1) is 10.8. The number of phenolic OH excluding ortho intramolecular Hbond substituents is 1. The molecule has 0 heterocycles. The van der Waals surface area contributed by atoms with E-state index in [4.69, 9.17) is 5.26 Å². The number of ether oxygens (including phenoxy) is 1. The third-order valence-corrected chi connectivity index (χ3v) is 2.28. The molecule has 0 saturated carbocycles. The third-order valence-electron chi connectivity index (χ3n) is 1.70. The summed E-state index contributed by atoms with van der Waals surface area (Å²) < 4.78 is 18.1. The molecule has 0 unspecified atom stereocenters. The second-order valence-electron chi connectivity index (χ2n) is 2.55. The first-order chi connectivity index (χ1) is 6.61. The van der Waals surface area contributed by atoms with Gasteiger partial charge in [0.2, 0.25) is 0 Å². The predicted octanol–water partition coefficient (Wildman–Crippen LogP) is 2.37. The normalized spacial score (nSPS) is 9.57. The van der Waals surface area contributed by atoms with Gasteiger partial charge in [-0.1, -0.05) is 0 Å². The molecule has 0 radical (unpaired) electrons. The highest BCUT2D eigenvalue weighted by Gasteiger charge is 2.16. The van der Waals surface area contributed by atoms with Gasteiger partial charge in [0.15, 0.2) is 17.3 Å². The molecule has 0 aliphatic rings. The molecule has 1 rings (SSSR count). The van der Waals surface area contributed by atoms with E-state index in [0.29, 0.717) is 5.56 Å². The third kappa shape index (κ3) is 1.80. The zero-order valence-electron chi connectivity index (χ0n) is 7.34. The first-order valence-corrected chi connectivity index (χ1v) is 4.52. The molecule has 1 aromatic rings. The summed E-state index contributed by atoms with van der Waals surface area (Å²) in [6, 6.07) is 3.22. The zero-order valence-corrected chi connectivity index (χ0v) is 8.93. The minimum atomic E-state index is -0.674. The number of nitrogens with zero attached hydrogens (tertiary/aromatic N) is 1. The molecule has 14 heavy (non-hydrogen) atoms. The lowest BCUT2D eigenvalue weighted by Gasteiger charge is -2.09. The predicted molar refractivity (Wildman–Crippen MR) is 51.6 cm³/mol. The van der Waals surface area contributed by atoms with Gasteiger partial charge in [-0.2, -0.15) is 5.26 Å². The number of rotatable bonds is 2. The topological polar surface area (TPSA) is 53.2 Å². The maximum Gasteiger partial charge on any atom is 0.198 e. The van der Waals surface area contributed by atoms with Gasteiger partial charge in [-0.25, -0.2) is 4.39 Å². The van der Waals surface area contributed by atoms with E-state index in [2.05, 4.69) is 20.7 Å². The van der Waals surface area contributed by atoms with Crippen molar-refractivity contribution < 1.29 is 14.2 Å². The number of phenols is 1. The van der Waals surface area contributed by atoms with Gasteiger partial charge in [-0.15, -0.1) is 0 Å². The van der Waals surface area contributed by atoms with E-state index in [9.17, 15) is 9.50 Å². The Bertz CT molecular complexity index is 401. The molecule has 3 nitrogen and oxygen atoms in total. The number of halogens is 2. The number of aromatic hydroxyl groups is 1. The molecule has 0 spiro atoms. The monoisotopic (exact) mass is 259 g/mol. The summed E-state index contributed by atoms with van der Waals surface area (Å²) in [6.07, 6.45) is 0.00106. The molecule has 0 aliphatic heterocycles. The highest BCUT2D eigenvalue weighted by atomic mass is 79.9. The Morgan fingerprint density at radius 2 is 2.36 bits per heavy atom. The van der Waals surface area contributed by atoms with Gasteiger partial charge in [0, 0.05) is 5.56 Å². The van der Waals surface area contributed by atoms with Crippen LogP contribution in [0.4, 0.5) is 4.39 Å². The summed E-state index contributed by atoms with van der Waals surface area (Å²) in [5.74, 6) is -1.24. The molecule has 0 bridgehead atoms. The van der Waals surface area contributed by atoms with Crippen molar-refractivity contribution in [3.05, 3.63) is 21.9 Å². The van der Waals surface area contributed by atoms with Gasteiger partial charge < -0.3 is 9.84 Å². The minimum absolute atomic E-state index is 0.00106. The number of hydrogen-bond donors (Lipinski definition) is 1. The van der Waals surface area contributed by atoms with Crippen LogP contribution in [0.1, 0.15) is 5.56 Å². The summed E-state index contributed by atoms with van der Waals surface area (Å²) in [5, 5.41) is 17.9. The van der Waals surface area contributed by atoms with Gasteiger partial charge in [-0.05, 0) is 22.0 Å². The molecule has 1 N–H and O–H groups in total. The summed E-state index contributed by atoms with van der Waals surface area (Å²) in [5.41, 5.74) is 0.331. The van der Waals surface area contributed by atoms with Crippen LogP contribution in [0.25, 0.3) is 0 Å². The van der Waals surface area contributed by atoms with E-state index in [1.54, 1.807) is 0 Å². The Morgan fingerprint density at radius 3 is 2.86 bits per heavy atom. The van der Waals surface area contributed by atoms with E-state index in [1.165, 1.54) is 13.2 Å². The van der Waals surface area contributed by atoms with Gasteiger partial charge in [0.1, 0.15) is 0 Å². The molecular weight excluding hydrogens is 253 g/mol. The fraction of sp³-hybridized carbons (Fsp3) is 0.222. The van der Waals surface area contributed by atoms with Crippen molar-refractivity contribution in [2.45, 2.75) is 6.42 Å². The van der Waals surface area contributed by atoms with Crippen molar-refractivity contribution >= 4 is 15.9 Å². The lowest BCUT2D eigenvalue weighted by Crippen LogP contribution is -1.94. The van der Waals surface area contributed by atoms with Crippen LogP contribution >= 0.6 is 15.9 Å². The molecule has 0 atom stereocenters. The summed E-state index contributed by atoms with van der Waals surface area (Å²) in [7, 11) is 1.25. The lowest BCUT2D eigenvalue weighted by molar-refractivity contribution is 0.348. The van der Waals surface area contributed by atoms with Crippen LogP contribution < -0.4 is 4.74 Å². The number of methoxy groups -OCH3 is 1. The Balaban J connectivity index is 3.36. The molecule has 5 heteroatoms. The molecule has 1 aromatic carbocycles. The van der Waals surface area contributed by atoms with Crippen LogP contribution in [0.2, 0.25) is 0 Å². The maximum atomic E-state index is 13.3. The highest BCUT2D eigenvalue weighted by Crippen LogP contribution is 2.37. The molecule has 0 amide bonds. The Hall–Kier alpha value is -1.28. The smallest absolute Gasteiger partial charge is 0.198 e. The van der Waals surface area contributed by atoms with E-state index in [-0.39, 0.29) is 22.4 Å². The largest absolute Gasteiger partial charge is 0.504 e. The van der Waals surface area contributed by atoms with Gasteiger partial charge in [-0.3, -0.25) is 0 Å². The standard InChI is InChI=1S/C9H7BrFNO2/c1-14-9-7(11)6(10)4-5(2-3-12)8(9)13/h4,13H,2H2,1H3. The number of hydrogen-bond acceptors (Lipinski definition) is 3. The Kier molecular flexibility index (Phi) is 3.31. The van der Waals surface area contributed by atoms with Crippen molar-refractivity contribution in [1.29, 1.82) is 5.26 Å². The van der Waals surface area contributed by atoms with E-state index in [1.807, 2.05) is 6.07 Å². The number of benzene rings is 1. The van der Waals surface area contributed by atoms with Gasteiger partial charge in [0.25, 0.3) is 0 Å².